The molecular formula is C19H25N3O2. The second-order valence-electron chi connectivity index (χ2n) is 5.81. The number of ether oxygens (including phenoxy) is 1. The summed E-state index contributed by atoms with van der Waals surface area (Å²) in [6, 6.07) is 17.4. The maximum Gasteiger partial charge on any atom is 0.258 e. The molecule has 0 aromatic heterocycles. The van der Waals surface area contributed by atoms with Crippen LogP contribution in [0.5, 0.6) is 5.75 Å². The van der Waals surface area contributed by atoms with Gasteiger partial charge in [0.25, 0.3) is 5.91 Å². The predicted octanol–water partition coefficient (Wildman–Crippen LogP) is 2.36. The Balaban J connectivity index is 1.68. The molecule has 0 bridgehead atoms. The van der Waals surface area contributed by atoms with E-state index < -0.39 is 0 Å². The van der Waals surface area contributed by atoms with Crippen molar-refractivity contribution in [2.45, 2.75) is 6.54 Å². The number of nitrogens with one attached hydrogen (secondary N) is 2. The van der Waals surface area contributed by atoms with E-state index in [1.54, 1.807) is 0 Å². The highest BCUT2D eigenvalue weighted by Crippen LogP contribution is 2.10. The fourth-order valence-corrected chi connectivity index (χ4v) is 2.08. The molecule has 1 amide bonds. The molecule has 0 heterocycles. The molecule has 128 valence electrons. The zero-order valence-electron chi connectivity index (χ0n) is 14.3. The van der Waals surface area contributed by atoms with E-state index in [-0.39, 0.29) is 12.5 Å². The van der Waals surface area contributed by atoms with E-state index >= 15 is 0 Å². The summed E-state index contributed by atoms with van der Waals surface area (Å²) in [5.41, 5.74) is 2.14. The molecule has 2 aromatic carbocycles. The second kappa shape index (κ2) is 9.57. The van der Waals surface area contributed by atoms with Crippen LogP contribution in [0.25, 0.3) is 0 Å². The van der Waals surface area contributed by atoms with Crippen LogP contribution < -0.4 is 15.4 Å². The van der Waals surface area contributed by atoms with Gasteiger partial charge in [0.2, 0.25) is 0 Å². The van der Waals surface area contributed by atoms with Crippen LogP contribution in [0.3, 0.4) is 0 Å². The number of anilines is 1. The average molecular weight is 327 g/mol. The average Bonchev–Trinajstić information content (AvgIpc) is 2.60. The molecule has 2 N–H and O–H groups in total. The first kappa shape index (κ1) is 17.8. The van der Waals surface area contributed by atoms with Crippen molar-refractivity contribution >= 4 is 11.6 Å². The van der Waals surface area contributed by atoms with Gasteiger partial charge < -0.3 is 20.3 Å². The van der Waals surface area contributed by atoms with Crippen LogP contribution in [0.4, 0.5) is 5.69 Å². The molecule has 0 fully saturated rings. The summed E-state index contributed by atoms with van der Waals surface area (Å²) in [5, 5.41) is 6.21. The van der Waals surface area contributed by atoms with Crippen LogP contribution in [-0.2, 0) is 11.3 Å². The van der Waals surface area contributed by atoms with Gasteiger partial charge in [-0.05, 0) is 43.9 Å². The smallest absolute Gasteiger partial charge is 0.258 e. The summed E-state index contributed by atoms with van der Waals surface area (Å²) in [7, 11) is 4.10. The molecule has 0 saturated heterocycles. The van der Waals surface area contributed by atoms with Gasteiger partial charge in [-0.15, -0.1) is 0 Å². The number of carbonyl (C=O) groups excluding carboxylic acids is 1. The second-order valence-corrected chi connectivity index (χ2v) is 5.81. The Morgan fingerprint density at radius 3 is 2.42 bits per heavy atom. The molecule has 5 nitrogen and oxygen atoms in total. The molecule has 0 atom stereocenters. The van der Waals surface area contributed by atoms with Crippen LogP contribution in [0, 0.1) is 0 Å². The van der Waals surface area contributed by atoms with Crippen LogP contribution in [0.1, 0.15) is 5.56 Å². The minimum absolute atomic E-state index is 0.0220. The van der Waals surface area contributed by atoms with E-state index in [1.165, 1.54) is 0 Å². The van der Waals surface area contributed by atoms with Gasteiger partial charge >= 0.3 is 0 Å². The Morgan fingerprint density at radius 2 is 1.75 bits per heavy atom. The molecule has 5 heteroatoms. The minimum Gasteiger partial charge on any atom is -0.484 e. The highest BCUT2D eigenvalue weighted by Gasteiger charge is 2.03. The first-order valence-electron chi connectivity index (χ1n) is 8.05. The normalized spacial score (nSPS) is 10.5. The van der Waals surface area contributed by atoms with E-state index in [1.807, 2.05) is 54.6 Å². The summed E-state index contributed by atoms with van der Waals surface area (Å²) in [4.78, 5) is 13.9. The van der Waals surface area contributed by atoms with E-state index in [2.05, 4.69) is 29.6 Å². The fourth-order valence-electron chi connectivity index (χ4n) is 2.08. The molecule has 0 aliphatic heterocycles. The zero-order chi connectivity index (χ0) is 17.2. The van der Waals surface area contributed by atoms with Gasteiger partial charge in [-0.2, -0.15) is 0 Å². The van der Waals surface area contributed by atoms with Gasteiger partial charge in [-0.25, -0.2) is 0 Å². The van der Waals surface area contributed by atoms with Crippen molar-refractivity contribution in [1.29, 1.82) is 0 Å². The van der Waals surface area contributed by atoms with Crippen molar-refractivity contribution in [3.8, 4) is 5.75 Å². The third-order valence-electron chi connectivity index (χ3n) is 3.44. The first-order valence-corrected chi connectivity index (χ1v) is 8.05. The number of amides is 1. The molecule has 0 saturated carbocycles. The van der Waals surface area contributed by atoms with Crippen LogP contribution in [-0.4, -0.2) is 44.6 Å². The maximum absolute atomic E-state index is 11.8. The Kier molecular flexibility index (Phi) is 7.11. The SMILES string of the molecule is CN(C)CCNc1ccc(CNC(=O)COc2ccccc2)cc1. The maximum atomic E-state index is 11.8. The number of rotatable bonds is 9. The number of nitrogens with zero attached hydrogens (tertiary/aromatic N) is 1. The highest BCUT2D eigenvalue weighted by molar-refractivity contribution is 5.77. The molecular weight excluding hydrogens is 302 g/mol. The van der Waals surface area contributed by atoms with Gasteiger partial charge in [0.15, 0.2) is 6.61 Å². The third kappa shape index (κ3) is 6.71. The standard InChI is InChI=1S/C19H25N3O2/c1-22(2)13-12-20-17-10-8-16(9-11-17)14-21-19(23)15-24-18-6-4-3-5-7-18/h3-11,20H,12-15H2,1-2H3,(H,21,23). The van der Waals surface area contributed by atoms with Gasteiger partial charge in [0, 0.05) is 25.3 Å². The van der Waals surface area contributed by atoms with Crippen LogP contribution in [0.15, 0.2) is 54.6 Å². The van der Waals surface area contributed by atoms with Crippen molar-refractivity contribution in [1.82, 2.24) is 10.2 Å². The summed E-state index contributed by atoms with van der Waals surface area (Å²) in [6.07, 6.45) is 0. The molecule has 0 radical (unpaired) electrons. The Bertz CT molecular complexity index is 612. The van der Waals surface area contributed by atoms with E-state index in [4.69, 9.17) is 4.74 Å². The molecule has 2 rings (SSSR count). The molecule has 0 spiro atoms. The fraction of sp³-hybridized carbons (Fsp3) is 0.316. The largest absolute Gasteiger partial charge is 0.484 e. The van der Waals surface area contributed by atoms with E-state index in [0.717, 1.165) is 24.3 Å². The van der Waals surface area contributed by atoms with Crippen molar-refractivity contribution in [2.24, 2.45) is 0 Å². The third-order valence-corrected chi connectivity index (χ3v) is 3.44. The first-order chi connectivity index (χ1) is 11.6. The summed E-state index contributed by atoms with van der Waals surface area (Å²) < 4.78 is 5.41. The molecule has 24 heavy (non-hydrogen) atoms. The quantitative estimate of drug-likeness (QED) is 0.742. The topological polar surface area (TPSA) is 53.6 Å². The Morgan fingerprint density at radius 1 is 1.04 bits per heavy atom. The summed E-state index contributed by atoms with van der Waals surface area (Å²) in [5.74, 6) is 0.563. The van der Waals surface area contributed by atoms with Gasteiger partial charge in [-0.1, -0.05) is 30.3 Å². The number of para-hydroxylation sites is 1. The van der Waals surface area contributed by atoms with Crippen molar-refractivity contribution in [3.05, 3.63) is 60.2 Å². The number of hydrogen-bond acceptors (Lipinski definition) is 4. The Labute approximate surface area is 143 Å². The number of hydrogen-bond donors (Lipinski definition) is 2. The van der Waals surface area contributed by atoms with Crippen LogP contribution in [0.2, 0.25) is 0 Å². The van der Waals surface area contributed by atoms with Crippen molar-refractivity contribution in [3.63, 3.8) is 0 Å². The monoisotopic (exact) mass is 327 g/mol. The van der Waals surface area contributed by atoms with E-state index in [9.17, 15) is 4.79 Å². The van der Waals surface area contributed by atoms with Gasteiger partial charge in [0.05, 0.1) is 0 Å². The number of likely N-dealkylation sites (N-methyl/N-ethyl adjacent to an activating group) is 1. The number of carbonyl (C=O) groups is 1. The molecule has 2 aromatic rings. The van der Waals surface area contributed by atoms with E-state index in [0.29, 0.717) is 12.3 Å². The lowest BCUT2D eigenvalue weighted by Gasteiger charge is -2.12. The van der Waals surface area contributed by atoms with Gasteiger partial charge in [-0.3, -0.25) is 4.79 Å². The molecule has 0 unspecified atom stereocenters. The van der Waals surface area contributed by atoms with Crippen molar-refractivity contribution in [2.75, 3.05) is 39.1 Å². The lowest BCUT2D eigenvalue weighted by molar-refractivity contribution is -0.123. The van der Waals surface area contributed by atoms with Gasteiger partial charge in [0.1, 0.15) is 5.75 Å². The minimum atomic E-state index is -0.132. The Hall–Kier alpha value is -2.53. The van der Waals surface area contributed by atoms with Crippen LogP contribution >= 0.6 is 0 Å². The summed E-state index contributed by atoms with van der Waals surface area (Å²) in [6.45, 7) is 2.41. The zero-order valence-corrected chi connectivity index (χ0v) is 14.3. The predicted molar refractivity (Wildman–Crippen MR) is 97.3 cm³/mol. The number of benzene rings is 2. The molecule has 0 aliphatic carbocycles. The summed E-state index contributed by atoms with van der Waals surface area (Å²) >= 11 is 0. The highest BCUT2D eigenvalue weighted by atomic mass is 16.5. The lowest BCUT2D eigenvalue weighted by atomic mass is 10.2. The van der Waals surface area contributed by atoms with Crippen molar-refractivity contribution < 1.29 is 9.53 Å². The molecule has 0 aliphatic rings. The lowest BCUT2D eigenvalue weighted by Crippen LogP contribution is -2.28.